The third-order valence-corrected chi connectivity index (χ3v) is 4.61. The van der Waals surface area contributed by atoms with Crippen LogP contribution in [0.4, 0.5) is 4.39 Å². The van der Waals surface area contributed by atoms with Crippen LogP contribution in [0.25, 0.3) is 0 Å². The van der Waals surface area contributed by atoms with E-state index in [1.165, 1.54) is 18.2 Å². The Bertz CT molecular complexity index is 653. The van der Waals surface area contributed by atoms with Gasteiger partial charge in [0.05, 0.1) is 11.6 Å². The third kappa shape index (κ3) is 6.57. The monoisotopic (exact) mass is 383 g/mol. The molecule has 144 valence electrons. The second-order valence-corrected chi connectivity index (χ2v) is 8.26. The summed E-state index contributed by atoms with van der Waals surface area (Å²) in [7, 11) is 0. The van der Waals surface area contributed by atoms with Crippen molar-refractivity contribution < 1.29 is 14.0 Å². The fourth-order valence-corrected chi connectivity index (χ4v) is 3.17. The zero-order chi connectivity index (χ0) is 19.3. The molecule has 1 aromatic rings. The first kappa shape index (κ1) is 20.6. The van der Waals surface area contributed by atoms with Crippen LogP contribution in [0.2, 0.25) is 5.02 Å². The minimum Gasteiger partial charge on any atom is -0.352 e. The Morgan fingerprint density at radius 2 is 1.92 bits per heavy atom. The molecule has 1 aliphatic rings. The summed E-state index contributed by atoms with van der Waals surface area (Å²) < 4.78 is 13.2. The summed E-state index contributed by atoms with van der Waals surface area (Å²) in [5, 5.41) is 5.80. The molecule has 1 fully saturated rings. The molecule has 1 aliphatic heterocycles. The molecule has 1 heterocycles. The minimum atomic E-state index is -0.536. The van der Waals surface area contributed by atoms with Crippen LogP contribution in [0, 0.1) is 11.7 Å². The molecule has 0 radical (unpaired) electrons. The predicted molar refractivity (Wildman–Crippen MR) is 101 cm³/mol. The highest BCUT2D eigenvalue weighted by atomic mass is 35.5. The predicted octanol–water partition coefficient (Wildman–Crippen LogP) is 2.84. The van der Waals surface area contributed by atoms with E-state index in [2.05, 4.69) is 15.5 Å². The highest BCUT2D eigenvalue weighted by Gasteiger charge is 2.23. The van der Waals surface area contributed by atoms with Crippen molar-refractivity contribution >= 4 is 23.4 Å². The van der Waals surface area contributed by atoms with Gasteiger partial charge in [-0.25, -0.2) is 4.39 Å². The van der Waals surface area contributed by atoms with Crippen LogP contribution in [0.15, 0.2) is 18.2 Å². The first-order valence-corrected chi connectivity index (χ1v) is 9.28. The maximum Gasteiger partial charge on any atom is 0.251 e. The van der Waals surface area contributed by atoms with Gasteiger partial charge in [-0.2, -0.15) is 0 Å². The van der Waals surface area contributed by atoms with Crippen molar-refractivity contribution in [2.24, 2.45) is 5.92 Å². The van der Waals surface area contributed by atoms with E-state index in [-0.39, 0.29) is 22.4 Å². The van der Waals surface area contributed by atoms with Crippen LogP contribution in [-0.4, -0.2) is 48.4 Å². The summed E-state index contributed by atoms with van der Waals surface area (Å²) in [4.78, 5) is 26.3. The van der Waals surface area contributed by atoms with Crippen molar-refractivity contribution in [1.29, 1.82) is 0 Å². The Balaban J connectivity index is 1.72. The van der Waals surface area contributed by atoms with Gasteiger partial charge in [0.25, 0.3) is 5.91 Å². The molecule has 0 spiro atoms. The molecule has 2 amide bonds. The zero-order valence-electron chi connectivity index (χ0n) is 15.6. The fraction of sp³-hybridized carbons (Fsp3) is 0.579. The van der Waals surface area contributed by atoms with E-state index in [1.54, 1.807) is 0 Å². The number of carbonyl (C=O) groups excluding carboxylic acids is 2. The van der Waals surface area contributed by atoms with Crippen molar-refractivity contribution in [1.82, 2.24) is 15.5 Å². The number of likely N-dealkylation sites (tertiary alicyclic amines) is 1. The largest absolute Gasteiger partial charge is 0.352 e. The van der Waals surface area contributed by atoms with E-state index in [0.717, 1.165) is 25.9 Å². The average Bonchev–Trinajstić information content (AvgIpc) is 2.54. The number of benzene rings is 1. The van der Waals surface area contributed by atoms with Gasteiger partial charge in [-0.15, -0.1) is 0 Å². The summed E-state index contributed by atoms with van der Waals surface area (Å²) in [5.74, 6) is -0.376. The molecular formula is C19H27ClFN3O2. The smallest absolute Gasteiger partial charge is 0.251 e. The second kappa shape index (κ2) is 8.82. The lowest BCUT2D eigenvalue weighted by atomic mass is 9.96. The molecule has 5 nitrogen and oxygen atoms in total. The molecule has 2 N–H and O–H groups in total. The number of nitrogens with zero attached hydrogens (tertiary/aromatic N) is 1. The van der Waals surface area contributed by atoms with E-state index in [9.17, 15) is 14.0 Å². The topological polar surface area (TPSA) is 61.4 Å². The number of hydrogen-bond acceptors (Lipinski definition) is 3. The van der Waals surface area contributed by atoms with Gasteiger partial charge in [0, 0.05) is 17.6 Å². The summed E-state index contributed by atoms with van der Waals surface area (Å²) in [6.45, 7) is 8.54. The van der Waals surface area contributed by atoms with Gasteiger partial charge in [0.15, 0.2) is 0 Å². The lowest BCUT2D eigenvalue weighted by molar-refractivity contribution is -0.124. The first-order chi connectivity index (χ1) is 12.1. The van der Waals surface area contributed by atoms with E-state index < -0.39 is 5.82 Å². The van der Waals surface area contributed by atoms with Gasteiger partial charge in [-0.1, -0.05) is 11.6 Å². The Hall–Kier alpha value is -1.66. The number of carbonyl (C=O) groups is 2. The molecule has 0 unspecified atom stereocenters. The van der Waals surface area contributed by atoms with E-state index in [0.29, 0.717) is 24.6 Å². The molecule has 26 heavy (non-hydrogen) atoms. The highest BCUT2D eigenvalue weighted by molar-refractivity contribution is 6.31. The van der Waals surface area contributed by atoms with Gasteiger partial charge in [-0.05, 0) is 70.8 Å². The van der Waals surface area contributed by atoms with Crippen LogP contribution in [-0.2, 0) is 4.79 Å². The molecule has 7 heteroatoms. The lowest BCUT2D eigenvalue weighted by Gasteiger charge is -2.32. The molecule has 2 rings (SSSR count). The molecule has 0 aromatic heterocycles. The van der Waals surface area contributed by atoms with E-state index in [4.69, 9.17) is 11.6 Å². The summed E-state index contributed by atoms with van der Waals surface area (Å²) in [6.07, 6.45) is 1.85. The molecule has 0 atom stereocenters. The maximum absolute atomic E-state index is 13.2. The van der Waals surface area contributed by atoms with Crippen molar-refractivity contribution in [2.45, 2.75) is 39.2 Å². The van der Waals surface area contributed by atoms with Crippen molar-refractivity contribution in [2.75, 3.05) is 26.2 Å². The Labute approximate surface area is 159 Å². The number of piperidine rings is 1. The average molecular weight is 384 g/mol. The Kier molecular flexibility index (Phi) is 7.01. The molecule has 1 aromatic carbocycles. The minimum absolute atomic E-state index is 0.0393. The third-order valence-electron chi connectivity index (χ3n) is 4.32. The second-order valence-electron chi connectivity index (χ2n) is 7.86. The number of nitrogens with one attached hydrogen (secondary N) is 2. The van der Waals surface area contributed by atoms with E-state index in [1.807, 2.05) is 20.8 Å². The lowest BCUT2D eigenvalue weighted by Crippen LogP contribution is -2.48. The highest BCUT2D eigenvalue weighted by Crippen LogP contribution is 2.18. The van der Waals surface area contributed by atoms with E-state index >= 15 is 0 Å². The molecule has 0 bridgehead atoms. The Morgan fingerprint density at radius 3 is 2.50 bits per heavy atom. The summed E-state index contributed by atoms with van der Waals surface area (Å²) >= 11 is 5.71. The Morgan fingerprint density at radius 1 is 1.27 bits per heavy atom. The standard InChI is InChI=1S/C19H27ClFN3O2/c1-19(2,3)23-17(25)12-24-8-6-13(7-9-24)11-22-18(26)14-4-5-16(21)15(20)10-14/h4-5,10,13H,6-9,11-12H2,1-3H3,(H,22,26)(H,23,25). The summed E-state index contributed by atoms with van der Waals surface area (Å²) in [6, 6.07) is 3.95. The SMILES string of the molecule is CC(C)(C)NC(=O)CN1CCC(CNC(=O)c2ccc(F)c(Cl)c2)CC1. The van der Waals surface area contributed by atoms with Crippen LogP contribution in [0.3, 0.4) is 0 Å². The van der Waals surface area contributed by atoms with Crippen molar-refractivity contribution in [3.05, 3.63) is 34.6 Å². The van der Waals surface area contributed by atoms with Gasteiger partial charge in [-0.3, -0.25) is 14.5 Å². The number of hydrogen-bond donors (Lipinski definition) is 2. The van der Waals surface area contributed by atoms with Crippen LogP contribution in [0.5, 0.6) is 0 Å². The summed E-state index contributed by atoms with van der Waals surface area (Å²) in [5.41, 5.74) is 0.135. The molecule has 0 aliphatic carbocycles. The molecule has 1 saturated heterocycles. The number of amides is 2. The number of rotatable bonds is 5. The van der Waals surface area contributed by atoms with Crippen LogP contribution in [0.1, 0.15) is 44.0 Å². The van der Waals surface area contributed by atoms with Crippen molar-refractivity contribution in [3.63, 3.8) is 0 Å². The molecular weight excluding hydrogens is 357 g/mol. The first-order valence-electron chi connectivity index (χ1n) is 8.90. The fourth-order valence-electron chi connectivity index (χ4n) is 2.99. The quantitative estimate of drug-likeness (QED) is 0.821. The number of halogens is 2. The van der Waals surface area contributed by atoms with Gasteiger partial charge < -0.3 is 10.6 Å². The normalized spacial score (nSPS) is 16.3. The van der Waals surface area contributed by atoms with Crippen LogP contribution < -0.4 is 10.6 Å². The van der Waals surface area contributed by atoms with Crippen molar-refractivity contribution in [3.8, 4) is 0 Å². The van der Waals surface area contributed by atoms with Gasteiger partial charge in [0.2, 0.25) is 5.91 Å². The molecule has 0 saturated carbocycles. The maximum atomic E-state index is 13.2. The van der Waals surface area contributed by atoms with Gasteiger partial charge in [0.1, 0.15) is 5.82 Å². The van der Waals surface area contributed by atoms with Gasteiger partial charge >= 0.3 is 0 Å². The zero-order valence-corrected chi connectivity index (χ0v) is 16.3. The van der Waals surface area contributed by atoms with Crippen LogP contribution >= 0.6 is 11.6 Å².